The second-order valence-corrected chi connectivity index (χ2v) is 4.25. The van der Waals surface area contributed by atoms with Crippen molar-refractivity contribution in [1.29, 1.82) is 0 Å². The number of aliphatic hydroxyl groups excluding tert-OH is 1. The Morgan fingerprint density at radius 1 is 1.56 bits per heavy atom. The molecule has 4 heteroatoms. The van der Waals surface area contributed by atoms with Gasteiger partial charge >= 0.3 is 0 Å². The average Bonchev–Trinajstić information content (AvgIpc) is 2.81. The molecule has 0 saturated carbocycles. The van der Waals surface area contributed by atoms with Gasteiger partial charge in [0.2, 0.25) is 0 Å². The van der Waals surface area contributed by atoms with Crippen LogP contribution in [0.4, 0.5) is 5.69 Å². The van der Waals surface area contributed by atoms with Crippen LogP contribution in [0.5, 0.6) is 0 Å². The van der Waals surface area contributed by atoms with E-state index in [-0.39, 0.29) is 0 Å². The van der Waals surface area contributed by atoms with E-state index in [0.717, 1.165) is 25.3 Å². The third-order valence-corrected chi connectivity index (χ3v) is 3.06. The van der Waals surface area contributed by atoms with E-state index in [1.807, 2.05) is 12.1 Å². The van der Waals surface area contributed by atoms with Crippen LogP contribution in [-0.4, -0.2) is 36.4 Å². The second kappa shape index (κ2) is 4.80. The Balaban J connectivity index is 2.08. The molecule has 1 aliphatic heterocycles. The summed E-state index contributed by atoms with van der Waals surface area (Å²) in [6.07, 6.45) is 2.36. The summed E-state index contributed by atoms with van der Waals surface area (Å²) in [5.74, 6) is 0. The number of rotatable bonds is 3. The van der Waals surface area contributed by atoms with Crippen molar-refractivity contribution in [3.63, 3.8) is 0 Å². The molecule has 1 saturated heterocycles. The smallest absolute Gasteiger partial charge is 0.0931 e. The molecule has 0 radical (unpaired) electrons. The van der Waals surface area contributed by atoms with Gasteiger partial charge in [-0.05, 0) is 25.5 Å². The summed E-state index contributed by atoms with van der Waals surface area (Å²) < 4.78 is 5.36. The van der Waals surface area contributed by atoms with Gasteiger partial charge in [0.15, 0.2) is 0 Å². The third-order valence-electron chi connectivity index (χ3n) is 3.06. The quantitative estimate of drug-likeness (QED) is 0.838. The fraction of sp³-hybridized carbons (Fsp3) is 0.583. The number of aromatic nitrogens is 1. The first-order valence-corrected chi connectivity index (χ1v) is 5.63. The number of hydrogen-bond donors (Lipinski definition) is 1. The first-order chi connectivity index (χ1) is 7.68. The number of anilines is 1. The topological polar surface area (TPSA) is 45.6 Å². The molecule has 0 aliphatic carbocycles. The van der Waals surface area contributed by atoms with Crippen LogP contribution in [0.25, 0.3) is 0 Å². The maximum Gasteiger partial charge on any atom is 0.0931 e. The highest BCUT2D eigenvalue weighted by Crippen LogP contribution is 2.20. The first kappa shape index (κ1) is 11.4. The molecule has 4 nitrogen and oxygen atoms in total. The molecular weight excluding hydrogens is 204 g/mol. The molecule has 16 heavy (non-hydrogen) atoms. The van der Waals surface area contributed by atoms with E-state index >= 15 is 0 Å². The molecule has 2 unspecified atom stereocenters. The molecule has 2 rings (SSSR count). The molecule has 1 aromatic rings. The van der Waals surface area contributed by atoms with E-state index in [4.69, 9.17) is 4.74 Å². The zero-order valence-electron chi connectivity index (χ0n) is 9.76. The fourth-order valence-electron chi connectivity index (χ4n) is 1.89. The van der Waals surface area contributed by atoms with Crippen molar-refractivity contribution in [3.8, 4) is 0 Å². The number of pyridine rings is 1. The van der Waals surface area contributed by atoms with E-state index in [1.54, 1.807) is 13.1 Å². The predicted octanol–water partition coefficient (Wildman–Crippen LogP) is 1.36. The summed E-state index contributed by atoms with van der Waals surface area (Å²) in [6.45, 7) is 3.35. The van der Waals surface area contributed by atoms with Gasteiger partial charge in [0.1, 0.15) is 0 Å². The number of ether oxygens (including phenoxy) is 1. The molecular formula is C12H18N2O2. The lowest BCUT2D eigenvalue weighted by molar-refractivity contribution is 0.193. The molecule has 2 heterocycles. The Labute approximate surface area is 95.9 Å². The van der Waals surface area contributed by atoms with Crippen LogP contribution in [0.3, 0.4) is 0 Å². The van der Waals surface area contributed by atoms with E-state index < -0.39 is 6.10 Å². The Hall–Kier alpha value is -1.13. The van der Waals surface area contributed by atoms with Gasteiger partial charge in [-0.15, -0.1) is 0 Å². The second-order valence-electron chi connectivity index (χ2n) is 4.25. The maximum atomic E-state index is 9.37. The SMILES string of the molecule is CC(O)c1ccc(N(C)C2CCOC2)cn1. The molecule has 1 aromatic heterocycles. The van der Waals surface area contributed by atoms with Crippen molar-refractivity contribution < 1.29 is 9.84 Å². The standard InChI is InChI=1S/C12H18N2O2/c1-9(15)12-4-3-10(7-13-12)14(2)11-5-6-16-8-11/h3-4,7,9,11,15H,5-6,8H2,1-2H3. The van der Waals surface area contributed by atoms with Gasteiger partial charge in [-0.2, -0.15) is 0 Å². The maximum absolute atomic E-state index is 9.37. The van der Waals surface area contributed by atoms with Crippen LogP contribution in [0.15, 0.2) is 18.3 Å². The largest absolute Gasteiger partial charge is 0.387 e. The molecule has 0 aromatic carbocycles. The van der Waals surface area contributed by atoms with Crippen molar-refractivity contribution in [2.45, 2.75) is 25.5 Å². The number of nitrogens with zero attached hydrogens (tertiary/aromatic N) is 2. The van der Waals surface area contributed by atoms with Crippen molar-refractivity contribution >= 4 is 5.69 Å². The van der Waals surface area contributed by atoms with Gasteiger partial charge in [0.25, 0.3) is 0 Å². The zero-order chi connectivity index (χ0) is 11.5. The van der Waals surface area contributed by atoms with Crippen LogP contribution in [0.2, 0.25) is 0 Å². The summed E-state index contributed by atoms with van der Waals surface area (Å²) in [4.78, 5) is 6.42. The van der Waals surface area contributed by atoms with E-state index in [9.17, 15) is 5.11 Å². The summed E-state index contributed by atoms with van der Waals surface area (Å²) in [5, 5.41) is 9.37. The van der Waals surface area contributed by atoms with Gasteiger partial charge in [-0.25, -0.2) is 0 Å². The minimum atomic E-state index is -0.505. The van der Waals surface area contributed by atoms with Gasteiger partial charge in [-0.3, -0.25) is 4.98 Å². The molecule has 1 fully saturated rings. The number of hydrogen-bond acceptors (Lipinski definition) is 4. The minimum Gasteiger partial charge on any atom is -0.387 e. The van der Waals surface area contributed by atoms with Crippen LogP contribution in [0.1, 0.15) is 25.1 Å². The normalized spacial score (nSPS) is 22.1. The van der Waals surface area contributed by atoms with Gasteiger partial charge < -0.3 is 14.7 Å². The zero-order valence-corrected chi connectivity index (χ0v) is 9.76. The summed E-state index contributed by atoms with van der Waals surface area (Å²) in [5.41, 5.74) is 1.78. The van der Waals surface area contributed by atoms with E-state index in [0.29, 0.717) is 11.7 Å². The molecule has 1 aliphatic rings. The lowest BCUT2D eigenvalue weighted by Crippen LogP contribution is -2.31. The van der Waals surface area contributed by atoms with E-state index in [2.05, 4.69) is 16.9 Å². The first-order valence-electron chi connectivity index (χ1n) is 5.63. The predicted molar refractivity (Wildman–Crippen MR) is 62.5 cm³/mol. The van der Waals surface area contributed by atoms with Crippen molar-refractivity contribution in [2.75, 3.05) is 25.2 Å². The molecule has 0 bridgehead atoms. The minimum absolute atomic E-state index is 0.444. The molecule has 0 spiro atoms. The van der Waals surface area contributed by atoms with Crippen LogP contribution in [-0.2, 0) is 4.74 Å². The van der Waals surface area contributed by atoms with Crippen LogP contribution >= 0.6 is 0 Å². The third kappa shape index (κ3) is 2.33. The molecule has 0 amide bonds. The van der Waals surface area contributed by atoms with Crippen molar-refractivity contribution in [2.24, 2.45) is 0 Å². The van der Waals surface area contributed by atoms with Crippen LogP contribution in [0, 0.1) is 0 Å². The Morgan fingerprint density at radius 2 is 2.38 bits per heavy atom. The molecule has 2 atom stereocenters. The number of likely N-dealkylation sites (N-methyl/N-ethyl adjacent to an activating group) is 1. The number of aliphatic hydroxyl groups is 1. The highest BCUT2D eigenvalue weighted by molar-refractivity contribution is 5.45. The summed E-state index contributed by atoms with van der Waals surface area (Å²) >= 11 is 0. The Morgan fingerprint density at radius 3 is 2.88 bits per heavy atom. The monoisotopic (exact) mass is 222 g/mol. The van der Waals surface area contributed by atoms with Gasteiger partial charge in [0, 0.05) is 13.7 Å². The highest BCUT2D eigenvalue weighted by Gasteiger charge is 2.20. The lowest BCUT2D eigenvalue weighted by atomic mass is 10.2. The Kier molecular flexibility index (Phi) is 3.41. The van der Waals surface area contributed by atoms with Crippen molar-refractivity contribution in [1.82, 2.24) is 4.98 Å². The van der Waals surface area contributed by atoms with Gasteiger partial charge in [-0.1, -0.05) is 0 Å². The average molecular weight is 222 g/mol. The van der Waals surface area contributed by atoms with E-state index in [1.165, 1.54) is 0 Å². The van der Waals surface area contributed by atoms with Crippen LogP contribution < -0.4 is 4.90 Å². The lowest BCUT2D eigenvalue weighted by Gasteiger charge is -2.25. The summed E-state index contributed by atoms with van der Waals surface area (Å²) in [6, 6.07) is 4.30. The molecule has 88 valence electrons. The summed E-state index contributed by atoms with van der Waals surface area (Å²) in [7, 11) is 2.05. The fourth-order valence-corrected chi connectivity index (χ4v) is 1.89. The molecule has 1 N–H and O–H groups in total. The van der Waals surface area contributed by atoms with Crippen molar-refractivity contribution in [3.05, 3.63) is 24.0 Å². The Bertz CT molecular complexity index is 331. The van der Waals surface area contributed by atoms with Gasteiger partial charge in [0.05, 0.1) is 36.3 Å². The highest BCUT2D eigenvalue weighted by atomic mass is 16.5.